The number of thiophene rings is 1. The van der Waals surface area contributed by atoms with E-state index in [0.29, 0.717) is 21.4 Å². The van der Waals surface area contributed by atoms with E-state index in [-0.39, 0.29) is 6.10 Å². The van der Waals surface area contributed by atoms with Gasteiger partial charge in [-0.2, -0.15) is 0 Å². The van der Waals surface area contributed by atoms with Crippen molar-refractivity contribution in [2.45, 2.75) is 38.9 Å². The van der Waals surface area contributed by atoms with Crippen molar-refractivity contribution in [3.05, 3.63) is 88.3 Å². The Hall–Kier alpha value is -3.92. The molecular formula is C31H30ClN5O3S. The first-order valence-corrected chi connectivity index (χ1v) is 14.7. The Balaban J connectivity index is 1.27. The fraction of sp³-hybridized carbons (Fsp3) is 0.258. The standard InChI is InChI=1S/C31H30ClN5O3S/c1-18-14-21(8-13-35-18)20-6-7-25-24(15-20)36-17-37(25)28-16-27(30(41-28)31(33)38)39-19(2)23-4-3-5-26(29(23)32)40-22-9-11-34-12-10-22/h3-8,13-17,19,22,34H,9-12H2,1-2H3,(H2,33,38)/t19-/m1/s1. The molecule has 1 atom stereocenters. The van der Waals surface area contributed by atoms with Crippen molar-refractivity contribution in [1.29, 1.82) is 0 Å². The number of carbonyl (C=O) groups excluding carboxylic acids is 1. The number of pyridine rings is 1. The number of ether oxygens (including phenoxy) is 2. The van der Waals surface area contributed by atoms with Gasteiger partial charge in [0.1, 0.15) is 39.9 Å². The van der Waals surface area contributed by atoms with Crippen LogP contribution in [0, 0.1) is 6.92 Å². The largest absolute Gasteiger partial charge is 0.489 e. The van der Waals surface area contributed by atoms with E-state index in [4.69, 9.17) is 26.8 Å². The Morgan fingerprint density at radius 2 is 1.90 bits per heavy atom. The number of aromatic nitrogens is 3. The lowest BCUT2D eigenvalue weighted by Gasteiger charge is -2.25. The lowest BCUT2D eigenvalue weighted by Crippen LogP contribution is -2.34. The Morgan fingerprint density at radius 3 is 2.68 bits per heavy atom. The molecular weight excluding hydrogens is 558 g/mol. The molecule has 6 rings (SSSR count). The molecule has 1 saturated heterocycles. The Labute approximate surface area is 247 Å². The second kappa shape index (κ2) is 11.5. The number of hydrogen-bond donors (Lipinski definition) is 2. The Kier molecular flexibility index (Phi) is 7.66. The smallest absolute Gasteiger partial charge is 0.262 e. The van der Waals surface area contributed by atoms with Crippen LogP contribution >= 0.6 is 22.9 Å². The monoisotopic (exact) mass is 587 g/mol. The zero-order valence-corrected chi connectivity index (χ0v) is 24.3. The molecule has 0 aliphatic carbocycles. The van der Waals surface area contributed by atoms with Gasteiger partial charge in [0.15, 0.2) is 0 Å². The number of piperidine rings is 1. The van der Waals surface area contributed by atoms with Crippen molar-refractivity contribution in [2.24, 2.45) is 5.73 Å². The first-order valence-electron chi connectivity index (χ1n) is 13.5. The zero-order valence-electron chi connectivity index (χ0n) is 22.8. The Bertz CT molecular complexity index is 1730. The highest BCUT2D eigenvalue weighted by molar-refractivity contribution is 7.16. The van der Waals surface area contributed by atoms with Crippen LogP contribution in [0.2, 0.25) is 5.02 Å². The van der Waals surface area contributed by atoms with Gasteiger partial charge in [-0.25, -0.2) is 4.98 Å². The van der Waals surface area contributed by atoms with E-state index < -0.39 is 12.0 Å². The summed E-state index contributed by atoms with van der Waals surface area (Å²) in [6.07, 6.45) is 5.08. The number of nitrogens with zero attached hydrogens (tertiary/aromatic N) is 3. The maximum Gasteiger partial charge on any atom is 0.262 e. The first-order chi connectivity index (χ1) is 19.9. The minimum absolute atomic E-state index is 0.121. The summed E-state index contributed by atoms with van der Waals surface area (Å²) < 4.78 is 14.5. The molecule has 2 aromatic carbocycles. The van der Waals surface area contributed by atoms with Crippen LogP contribution < -0.4 is 20.5 Å². The van der Waals surface area contributed by atoms with Crippen molar-refractivity contribution < 1.29 is 14.3 Å². The van der Waals surface area contributed by atoms with Crippen LogP contribution in [0.15, 0.2) is 67.1 Å². The summed E-state index contributed by atoms with van der Waals surface area (Å²) in [5.74, 6) is 0.479. The third-order valence-corrected chi connectivity index (χ3v) is 8.77. The summed E-state index contributed by atoms with van der Waals surface area (Å²) in [5.41, 5.74) is 11.4. The number of halogens is 1. The fourth-order valence-corrected chi connectivity index (χ4v) is 6.36. The van der Waals surface area contributed by atoms with Crippen LogP contribution in [0.25, 0.3) is 27.2 Å². The lowest BCUT2D eigenvalue weighted by molar-refractivity contribution is 0.0998. The number of benzene rings is 2. The maximum absolute atomic E-state index is 12.4. The highest BCUT2D eigenvalue weighted by atomic mass is 35.5. The van der Waals surface area contributed by atoms with E-state index in [1.807, 2.05) is 66.9 Å². The number of aryl methyl sites for hydroxylation is 1. The number of imidazole rings is 1. The molecule has 3 aromatic heterocycles. The van der Waals surface area contributed by atoms with Gasteiger partial charge < -0.3 is 20.5 Å². The van der Waals surface area contributed by atoms with Crippen molar-refractivity contribution in [3.63, 3.8) is 0 Å². The van der Waals surface area contributed by atoms with Crippen LogP contribution in [0.5, 0.6) is 11.5 Å². The van der Waals surface area contributed by atoms with Crippen LogP contribution in [0.1, 0.15) is 46.8 Å². The number of nitrogens with one attached hydrogen (secondary N) is 1. The van der Waals surface area contributed by atoms with Gasteiger partial charge in [0.2, 0.25) is 0 Å². The summed E-state index contributed by atoms with van der Waals surface area (Å²) >= 11 is 8.05. The molecule has 41 heavy (non-hydrogen) atoms. The molecule has 1 amide bonds. The van der Waals surface area contributed by atoms with Crippen LogP contribution in [0.4, 0.5) is 0 Å². The molecule has 10 heteroatoms. The van der Waals surface area contributed by atoms with Gasteiger partial charge in [0.05, 0.1) is 16.1 Å². The second-order valence-corrected chi connectivity index (χ2v) is 11.5. The SMILES string of the molecule is Cc1cc(-c2ccc3c(c2)ncn3-c2cc(O[C@H](C)c3cccc(OC4CCNCC4)c3Cl)c(C(N)=O)s2)ccn1. The molecule has 1 aliphatic rings. The predicted molar refractivity (Wildman–Crippen MR) is 162 cm³/mol. The molecule has 0 saturated carbocycles. The number of amides is 1. The number of nitrogens with two attached hydrogens (primary N) is 1. The van der Waals surface area contributed by atoms with Gasteiger partial charge in [0, 0.05) is 23.5 Å². The van der Waals surface area contributed by atoms with Crippen LogP contribution in [-0.4, -0.2) is 39.6 Å². The lowest BCUT2D eigenvalue weighted by atomic mass is 10.1. The maximum atomic E-state index is 12.4. The average molecular weight is 588 g/mol. The zero-order chi connectivity index (χ0) is 28.5. The molecule has 0 spiro atoms. The molecule has 3 N–H and O–H groups in total. The van der Waals surface area contributed by atoms with Crippen molar-refractivity contribution in [2.75, 3.05) is 13.1 Å². The minimum atomic E-state index is -0.558. The molecule has 0 radical (unpaired) electrons. The van der Waals surface area contributed by atoms with E-state index in [2.05, 4.69) is 21.4 Å². The first kappa shape index (κ1) is 27.3. The van der Waals surface area contributed by atoms with E-state index in [1.54, 1.807) is 12.5 Å². The summed E-state index contributed by atoms with van der Waals surface area (Å²) in [7, 11) is 0. The van der Waals surface area contributed by atoms with E-state index in [9.17, 15) is 4.79 Å². The Morgan fingerprint density at radius 1 is 1.10 bits per heavy atom. The molecule has 8 nitrogen and oxygen atoms in total. The molecule has 0 bridgehead atoms. The molecule has 4 heterocycles. The fourth-order valence-electron chi connectivity index (χ4n) is 5.11. The van der Waals surface area contributed by atoms with Gasteiger partial charge in [-0.15, -0.1) is 11.3 Å². The van der Waals surface area contributed by atoms with Gasteiger partial charge in [-0.3, -0.25) is 14.3 Å². The van der Waals surface area contributed by atoms with Crippen molar-refractivity contribution in [3.8, 4) is 27.6 Å². The predicted octanol–water partition coefficient (Wildman–Crippen LogP) is 6.48. The van der Waals surface area contributed by atoms with E-state index in [0.717, 1.165) is 64.3 Å². The topological polar surface area (TPSA) is 104 Å². The molecule has 1 fully saturated rings. The molecule has 1 aliphatic heterocycles. The van der Waals surface area contributed by atoms with Crippen molar-refractivity contribution >= 4 is 39.9 Å². The third kappa shape index (κ3) is 5.66. The van der Waals surface area contributed by atoms with Gasteiger partial charge in [0.25, 0.3) is 5.91 Å². The highest BCUT2D eigenvalue weighted by Crippen LogP contribution is 2.39. The molecule has 210 valence electrons. The summed E-state index contributed by atoms with van der Waals surface area (Å²) in [4.78, 5) is 21.7. The third-order valence-electron chi connectivity index (χ3n) is 7.24. The number of primary amides is 1. The van der Waals surface area contributed by atoms with Crippen LogP contribution in [-0.2, 0) is 0 Å². The van der Waals surface area contributed by atoms with Crippen molar-refractivity contribution in [1.82, 2.24) is 19.9 Å². The summed E-state index contributed by atoms with van der Waals surface area (Å²) in [6.45, 7) is 5.72. The van der Waals surface area contributed by atoms with E-state index in [1.165, 1.54) is 11.3 Å². The highest BCUT2D eigenvalue weighted by Gasteiger charge is 2.23. The van der Waals surface area contributed by atoms with Gasteiger partial charge in [-0.05, 0) is 81.2 Å². The quantitative estimate of drug-likeness (QED) is 0.215. The number of fused-ring (bicyclic) bond motifs is 1. The number of carbonyl (C=O) groups is 1. The minimum Gasteiger partial charge on any atom is -0.489 e. The van der Waals surface area contributed by atoms with Gasteiger partial charge >= 0.3 is 0 Å². The average Bonchev–Trinajstić information content (AvgIpc) is 3.58. The number of rotatable bonds is 8. The van der Waals surface area contributed by atoms with E-state index >= 15 is 0 Å². The van der Waals surface area contributed by atoms with Crippen LogP contribution in [0.3, 0.4) is 0 Å². The molecule has 5 aromatic rings. The molecule has 0 unspecified atom stereocenters. The summed E-state index contributed by atoms with van der Waals surface area (Å²) in [5, 5.41) is 4.62. The normalized spacial score (nSPS) is 14.7. The summed E-state index contributed by atoms with van der Waals surface area (Å²) in [6, 6.07) is 17.7. The van der Waals surface area contributed by atoms with Gasteiger partial charge in [-0.1, -0.05) is 29.8 Å². The second-order valence-electron chi connectivity index (χ2n) is 10.1. The number of hydrogen-bond acceptors (Lipinski definition) is 7.